The second-order valence-electron chi connectivity index (χ2n) is 5.27. The molecule has 1 amide bonds. The van der Waals surface area contributed by atoms with Gasteiger partial charge in [-0.15, -0.1) is 0 Å². The van der Waals surface area contributed by atoms with Crippen molar-refractivity contribution in [3.8, 4) is 0 Å². The predicted octanol–water partition coefficient (Wildman–Crippen LogP) is 0.392. The molecular formula is C16H16ClN3O5. The maximum Gasteiger partial charge on any atom is 0.328 e. The van der Waals surface area contributed by atoms with E-state index in [-0.39, 0.29) is 0 Å². The van der Waals surface area contributed by atoms with Crippen LogP contribution in [0.25, 0.3) is 0 Å². The van der Waals surface area contributed by atoms with E-state index in [1.165, 1.54) is 11.1 Å². The van der Waals surface area contributed by atoms with Crippen LogP contribution in [0.4, 0.5) is 0 Å². The number of esters is 1. The Morgan fingerprint density at radius 2 is 1.88 bits per heavy atom. The molecular weight excluding hydrogens is 350 g/mol. The number of carbonyl (C=O) groups excluding carboxylic acids is 2. The van der Waals surface area contributed by atoms with E-state index in [1.54, 1.807) is 31.3 Å². The first kappa shape index (κ1) is 18.5. The molecule has 0 radical (unpaired) electrons. The summed E-state index contributed by atoms with van der Waals surface area (Å²) < 4.78 is 5.85. The molecule has 0 aliphatic rings. The lowest BCUT2D eigenvalue weighted by Gasteiger charge is -2.17. The smallest absolute Gasteiger partial charge is 0.328 e. The first-order valence-corrected chi connectivity index (χ1v) is 7.67. The summed E-state index contributed by atoms with van der Waals surface area (Å²) in [5.74, 6) is -1.15. The molecule has 1 N–H and O–H groups in total. The molecule has 132 valence electrons. The minimum atomic E-state index is -0.762. The Morgan fingerprint density at radius 1 is 1.20 bits per heavy atom. The average Bonchev–Trinajstić information content (AvgIpc) is 2.57. The standard InChI is InChI=1S/C16H16ClN3O5/c1-19(8-11-2-4-12(17)5-3-11)14(22)10-25-15(23)9-20-7-6-13(21)18-16(20)24/h2-7H,8-10H2,1H3,(H,18,21,24). The number of nitrogens with one attached hydrogen (secondary N) is 1. The Hall–Kier alpha value is -2.87. The molecule has 0 saturated carbocycles. The number of halogens is 1. The van der Waals surface area contributed by atoms with Gasteiger partial charge in [-0.25, -0.2) is 4.79 Å². The highest BCUT2D eigenvalue weighted by Gasteiger charge is 2.13. The number of hydrogen-bond donors (Lipinski definition) is 1. The molecule has 0 fully saturated rings. The van der Waals surface area contributed by atoms with Crippen LogP contribution in [0, 0.1) is 0 Å². The Bertz CT molecular complexity index is 872. The van der Waals surface area contributed by atoms with Crippen LogP contribution in [0.3, 0.4) is 0 Å². The maximum atomic E-state index is 12.0. The number of amides is 1. The number of benzene rings is 1. The molecule has 1 heterocycles. The van der Waals surface area contributed by atoms with E-state index in [0.717, 1.165) is 16.2 Å². The highest BCUT2D eigenvalue weighted by atomic mass is 35.5. The van der Waals surface area contributed by atoms with E-state index < -0.39 is 36.3 Å². The summed E-state index contributed by atoms with van der Waals surface area (Å²) in [6.07, 6.45) is 1.18. The molecule has 2 aromatic rings. The van der Waals surface area contributed by atoms with Gasteiger partial charge in [0.1, 0.15) is 6.54 Å². The van der Waals surface area contributed by atoms with E-state index >= 15 is 0 Å². The van der Waals surface area contributed by atoms with Crippen molar-refractivity contribution in [3.63, 3.8) is 0 Å². The largest absolute Gasteiger partial charge is 0.454 e. The molecule has 0 saturated heterocycles. The number of carbonyl (C=O) groups is 2. The molecule has 0 aliphatic carbocycles. The summed E-state index contributed by atoms with van der Waals surface area (Å²) in [7, 11) is 1.58. The van der Waals surface area contributed by atoms with Crippen LogP contribution in [0.1, 0.15) is 5.56 Å². The van der Waals surface area contributed by atoms with Gasteiger partial charge >= 0.3 is 11.7 Å². The SMILES string of the molecule is CN(Cc1ccc(Cl)cc1)C(=O)COC(=O)Cn1ccc(=O)[nH]c1=O. The van der Waals surface area contributed by atoms with Gasteiger partial charge in [-0.3, -0.25) is 23.9 Å². The fraction of sp³-hybridized carbons (Fsp3) is 0.250. The third-order valence-electron chi connectivity index (χ3n) is 3.31. The highest BCUT2D eigenvalue weighted by molar-refractivity contribution is 6.30. The first-order valence-electron chi connectivity index (χ1n) is 7.29. The third-order valence-corrected chi connectivity index (χ3v) is 3.56. The van der Waals surface area contributed by atoms with E-state index in [1.807, 2.05) is 4.98 Å². The van der Waals surface area contributed by atoms with Crippen molar-refractivity contribution < 1.29 is 14.3 Å². The van der Waals surface area contributed by atoms with Crippen molar-refractivity contribution in [1.29, 1.82) is 0 Å². The minimum Gasteiger partial charge on any atom is -0.454 e. The van der Waals surface area contributed by atoms with E-state index in [4.69, 9.17) is 16.3 Å². The first-order chi connectivity index (χ1) is 11.8. The van der Waals surface area contributed by atoms with Crippen molar-refractivity contribution in [2.24, 2.45) is 0 Å². The Balaban J connectivity index is 1.83. The van der Waals surface area contributed by atoms with Gasteiger partial charge < -0.3 is 9.64 Å². The molecule has 0 spiro atoms. The van der Waals surface area contributed by atoms with E-state index in [9.17, 15) is 19.2 Å². The van der Waals surface area contributed by atoms with E-state index in [0.29, 0.717) is 11.6 Å². The van der Waals surface area contributed by atoms with Crippen LogP contribution >= 0.6 is 11.6 Å². The lowest BCUT2D eigenvalue weighted by molar-refractivity contribution is -0.152. The summed E-state index contributed by atoms with van der Waals surface area (Å²) in [5, 5.41) is 0.601. The summed E-state index contributed by atoms with van der Waals surface area (Å²) in [4.78, 5) is 49.5. The maximum absolute atomic E-state index is 12.0. The van der Waals surface area contributed by atoms with Gasteiger partial charge in [-0.1, -0.05) is 23.7 Å². The molecule has 0 atom stereocenters. The van der Waals surface area contributed by atoms with Gasteiger partial charge in [0.05, 0.1) is 0 Å². The number of hydrogen-bond acceptors (Lipinski definition) is 5. The van der Waals surface area contributed by atoms with Crippen molar-refractivity contribution in [2.45, 2.75) is 13.1 Å². The minimum absolute atomic E-state index is 0.340. The van der Waals surface area contributed by atoms with E-state index in [2.05, 4.69) is 0 Å². The van der Waals surface area contributed by atoms with Gasteiger partial charge in [-0.2, -0.15) is 0 Å². The molecule has 8 nitrogen and oxygen atoms in total. The molecule has 1 aromatic carbocycles. The van der Waals surface area contributed by atoms with Crippen LogP contribution < -0.4 is 11.2 Å². The van der Waals surface area contributed by atoms with Gasteiger partial charge in [0.25, 0.3) is 11.5 Å². The molecule has 2 rings (SSSR count). The normalized spacial score (nSPS) is 10.3. The highest BCUT2D eigenvalue weighted by Crippen LogP contribution is 2.11. The summed E-state index contributed by atoms with van der Waals surface area (Å²) in [6.45, 7) is -0.502. The molecule has 25 heavy (non-hydrogen) atoms. The van der Waals surface area contributed by atoms with Gasteiger partial charge in [0.15, 0.2) is 6.61 Å². The van der Waals surface area contributed by atoms with Crippen LogP contribution in [-0.4, -0.2) is 40.0 Å². The zero-order valence-electron chi connectivity index (χ0n) is 13.4. The lowest BCUT2D eigenvalue weighted by atomic mass is 10.2. The summed E-state index contributed by atoms with van der Waals surface area (Å²) >= 11 is 5.80. The summed E-state index contributed by atoms with van der Waals surface area (Å²) in [6, 6.07) is 8.13. The molecule has 1 aromatic heterocycles. The predicted molar refractivity (Wildman–Crippen MR) is 90.2 cm³/mol. The van der Waals surface area contributed by atoms with Crippen LogP contribution in [0.5, 0.6) is 0 Å². The van der Waals surface area contributed by atoms with Gasteiger partial charge in [-0.05, 0) is 17.7 Å². The third kappa shape index (κ3) is 5.61. The molecule has 0 aliphatic heterocycles. The van der Waals surface area contributed by atoms with Crippen LogP contribution in [0.2, 0.25) is 5.02 Å². The Labute approximate surface area is 147 Å². The van der Waals surface area contributed by atoms with Gasteiger partial charge in [0.2, 0.25) is 0 Å². The van der Waals surface area contributed by atoms with Crippen LogP contribution in [-0.2, 0) is 27.4 Å². The molecule has 0 unspecified atom stereocenters. The number of ether oxygens (including phenoxy) is 1. The van der Waals surface area contributed by atoms with Crippen molar-refractivity contribution in [2.75, 3.05) is 13.7 Å². The monoisotopic (exact) mass is 365 g/mol. The topological polar surface area (TPSA) is 101 Å². The fourth-order valence-corrected chi connectivity index (χ4v) is 2.08. The number of nitrogens with zero attached hydrogens (tertiary/aromatic N) is 2. The number of H-pyrrole nitrogens is 1. The summed E-state index contributed by atoms with van der Waals surface area (Å²) in [5.41, 5.74) is -0.407. The number of aromatic amines is 1. The molecule has 0 bridgehead atoms. The van der Waals surface area contributed by atoms with Crippen molar-refractivity contribution >= 4 is 23.5 Å². The lowest BCUT2D eigenvalue weighted by Crippen LogP contribution is -2.34. The number of aromatic nitrogens is 2. The Kier molecular flexibility index (Phi) is 6.13. The average molecular weight is 366 g/mol. The zero-order chi connectivity index (χ0) is 18.4. The quantitative estimate of drug-likeness (QED) is 0.746. The Morgan fingerprint density at radius 3 is 2.52 bits per heavy atom. The number of likely N-dealkylation sites (N-methyl/N-ethyl adjacent to an activating group) is 1. The molecule has 9 heteroatoms. The zero-order valence-corrected chi connectivity index (χ0v) is 14.2. The fourth-order valence-electron chi connectivity index (χ4n) is 1.96. The second-order valence-corrected chi connectivity index (χ2v) is 5.71. The van der Waals surface area contributed by atoms with Crippen LogP contribution in [0.15, 0.2) is 46.1 Å². The van der Waals surface area contributed by atoms with Crippen molar-refractivity contribution in [1.82, 2.24) is 14.5 Å². The number of rotatable bonds is 6. The second kappa shape index (κ2) is 8.29. The van der Waals surface area contributed by atoms with Crippen molar-refractivity contribution in [3.05, 3.63) is 68.0 Å². The van der Waals surface area contributed by atoms with Gasteiger partial charge in [0, 0.05) is 30.9 Å².